The first-order valence-electron chi connectivity index (χ1n) is 11.6. The van der Waals surface area contributed by atoms with Crippen molar-refractivity contribution >= 4 is 46.4 Å². The summed E-state index contributed by atoms with van der Waals surface area (Å²) in [7, 11) is 0. The molecule has 2 nitrogen and oxygen atoms in total. The van der Waals surface area contributed by atoms with Gasteiger partial charge in [0.1, 0.15) is 0 Å². The highest BCUT2D eigenvalue weighted by molar-refractivity contribution is 6.31. The van der Waals surface area contributed by atoms with Crippen LogP contribution < -0.4 is 5.56 Å². The molecule has 1 heterocycles. The Bertz CT molecular complexity index is 1470. The van der Waals surface area contributed by atoms with E-state index in [1.165, 1.54) is 0 Å². The zero-order valence-electron chi connectivity index (χ0n) is 19.5. The van der Waals surface area contributed by atoms with Crippen LogP contribution in [0.15, 0.2) is 114 Å². The maximum atomic E-state index is 13.3. The average molecular weight is 565 g/mol. The lowest BCUT2D eigenvalue weighted by molar-refractivity contribution is 0.902. The largest absolute Gasteiger partial charge is 0.329 e. The third-order valence-corrected chi connectivity index (χ3v) is 7.42. The van der Waals surface area contributed by atoms with E-state index in [2.05, 4.69) is 4.98 Å². The lowest BCUT2D eigenvalue weighted by Crippen LogP contribution is -2.19. The van der Waals surface area contributed by atoms with Crippen molar-refractivity contribution in [2.45, 2.75) is 11.8 Å². The lowest BCUT2D eigenvalue weighted by atomic mass is 9.82. The molecular weight excluding hydrogens is 544 g/mol. The van der Waals surface area contributed by atoms with Crippen LogP contribution in [0.25, 0.3) is 0 Å². The third kappa shape index (κ3) is 5.79. The first-order valence-corrected chi connectivity index (χ1v) is 13.1. The van der Waals surface area contributed by atoms with Crippen molar-refractivity contribution in [1.82, 2.24) is 4.98 Å². The molecule has 1 N–H and O–H groups in total. The van der Waals surface area contributed by atoms with Crippen LogP contribution in [0.3, 0.4) is 0 Å². The van der Waals surface area contributed by atoms with Gasteiger partial charge in [-0.25, -0.2) is 0 Å². The fourth-order valence-corrected chi connectivity index (χ4v) is 5.15. The van der Waals surface area contributed by atoms with Crippen LogP contribution in [-0.4, -0.2) is 4.98 Å². The fourth-order valence-electron chi connectivity index (χ4n) is 4.65. The molecule has 0 fully saturated rings. The smallest absolute Gasteiger partial charge is 0.252 e. The van der Waals surface area contributed by atoms with Crippen molar-refractivity contribution in [3.8, 4) is 0 Å². The first kappa shape index (κ1) is 25.6. The number of nitrogens with one attached hydrogen (secondary N) is 1. The van der Waals surface area contributed by atoms with E-state index in [4.69, 9.17) is 46.4 Å². The molecule has 184 valence electrons. The van der Waals surface area contributed by atoms with Crippen LogP contribution in [-0.2, 0) is 0 Å². The van der Waals surface area contributed by atoms with E-state index >= 15 is 0 Å². The van der Waals surface area contributed by atoms with E-state index in [9.17, 15) is 4.79 Å². The molecule has 0 saturated carbocycles. The summed E-state index contributed by atoms with van der Waals surface area (Å²) in [4.78, 5) is 16.3. The van der Waals surface area contributed by atoms with Crippen molar-refractivity contribution in [3.63, 3.8) is 0 Å². The third-order valence-electron chi connectivity index (χ3n) is 6.41. The number of aromatic amines is 1. The minimum absolute atomic E-state index is 0.152. The zero-order chi connectivity index (χ0) is 25.9. The number of pyridine rings is 1. The quantitative estimate of drug-likeness (QED) is 0.219. The maximum Gasteiger partial charge on any atom is 0.252 e. The summed E-state index contributed by atoms with van der Waals surface area (Å²) in [6, 6.07) is 32.6. The second-order valence-electron chi connectivity index (χ2n) is 8.79. The van der Waals surface area contributed by atoms with Crippen LogP contribution >= 0.6 is 46.4 Å². The number of aromatic nitrogens is 1. The summed E-state index contributed by atoms with van der Waals surface area (Å²) in [5.41, 5.74) is 5.37. The second kappa shape index (κ2) is 11.2. The number of hydrogen-bond acceptors (Lipinski definition) is 1. The average Bonchev–Trinajstić information content (AvgIpc) is 2.90. The van der Waals surface area contributed by atoms with E-state index < -0.39 is 0 Å². The van der Waals surface area contributed by atoms with Crippen LogP contribution in [0, 0.1) is 0 Å². The molecule has 0 aliphatic rings. The Morgan fingerprint density at radius 2 is 0.784 bits per heavy atom. The molecule has 0 unspecified atom stereocenters. The molecule has 5 rings (SSSR count). The molecule has 0 aliphatic carbocycles. The van der Waals surface area contributed by atoms with Gasteiger partial charge in [-0.1, -0.05) is 94.9 Å². The van der Waals surface area contributed by atoms with Crippen molar-refractivity contribution in [2.75, 3.05) is 0 Å². The number of H-pyrrole nitrogens is 1. The highest BCUT2D eigenvalue weighted by atomic mass is 35.5. The van der Waals surface area contributed by atoms with Crippen molar-refractivity contribution in [1.29, 1.82) is 0 Å². The van der Waals surface area contributed by atoms with Gasteiger partial charge < -0.3 is 4.98 Å². The molecule has 0 spiro atoms. The summed E-state index contributed by atoms with van der Waals surface area (Å²) in [5, 5.41) is 2.58. The van der Waals surface area contributed by atoms with Crippen LogP contribution in [0.1, 0.15) is 45.2 Å². The first-order chi connectivity index (χ1) is 17.9. The van der Waals surface area contributed by atoms with Crippen LogP contribution in [0.5, 0.6) is 0 Å². The van der Waals surface area contributed by atoms with Gasteiger partial charge in [0.2, 0.25) is 0 Å². The van der Waals surface area contributed by atoms with Crippen molar-refractivity contribution < 1.29 is 0 Å². The Balaban J connectivity index is 1.70. The minimum Gasteiger partial charge on any atom is -0.329 e. The summed E-state index contributed by atoms with van der Waals surface area (Å²) in [5.74, 6) is -0.476. The molecule has 0 radical (unpaired) electrons. The van der Waals surface area contributed by atoms with E-state index in [0.717, 1.165) is 27.8 Å². The summed E-state index contributed by atoms with van der Waals surface area (Å²) in [6.45, 7) is 0. The van der Waals surface area contributed by atoms with Gasteiger partial charge in [-0.15, -0.1) is 0 Å². The predicted octanol–water partition coefficient (Wildman–Crippen LogP) is 9.35. The lowest BCUT2D eigenvalue weighted by Gasteiger charge is -2.23. The molecule has 0 bridgehead atoms. The zero-order valence-corrected chi connectivity index (χ0v) is 22.5. The Morgan fingerprint density at radius 3 is 1.14 bits per heavy atom. The van der Waals surface area contributed by atoms with Gasteiger partial charge in [0.25, 0.3) is 5.56 Å². The molecule has 0 atom stereocenters. The second-order valence-corrected chi connectivity index (χ2v) is 10.5. The summed E-state index contributed by atoms with van der Waals surface area (Å²) < 4.78 is 0. The van der Waals surface area contributed by atoms with Gasteiger partial charge in [0, 0.05) is 43.7 Å². The predicted molar refractivity (Wildman–Crippen MR) is 155 cm³/mol. The minimum atomic E-state index is -0.325. The molecular formula is C31H21Cl4NO. The van der Waals surface area contributed by atoms with E-state index in [-0.39, 0.29) is 17.4 Å². The molecule has 37 heavy (non-hydrogen) atoms. The van der Waals surface area contributed by atoms with Crippen LogP contribution in [0.2, 0.25) is 20.1 Å². The van der Waals surface area contributed by atoms with Gasteiger partial charge in [0.15, 0.2) is 0 Å². The van der Waals surface area contributed by atoms with E-state index in [1.807, 2.05) is 103 Å². The van der Waals surface area contributed by atoms with Gasteiger partial charge in [-0.2, -0.15) is 0 Å². The number of benzene rings is 4. The van der Waals surface area contributed by atoms with Gasteiger partial charge in [-0.3, -0.25) is 4.79 Å². The molecule has 0 amide bonds. The highest BCUT2D eigenvalue weighted by Gasteiger charge is 2.24. The molecule has 0 aliphatic heterocycles. The Hall–Kier alpha value is -3.01. The molecule has 5 aromatic rings. The highest BCUT2D eigenvalue weighted by Crippen LogP contribution is 2.36. The Labute approximate surface area is 235 Å². The maximum absolute atomic E-state index is 13.3. The SMILES string of the molecule is O=c1[nH]cc(C(c2ccc(Cl)cc2)c2ccc(Cl)cc2)cc1C(c1ccc(Cl)cc1)c1ccc(Cl)cc1. The molecule has 0 saturated heterocycles. The van der Waals surface area contributed by atoms with Crippen molar-refractivity contribution in [2.24, 2.45) is 0 Å². The Kier molecular flexibility index (Phi) is 7.73. The standard InChI is InChI=1S/C31H21Cl4NO/c32-24-9-1-19(2-10-24)29(20-3-11-25(33)12-4-20)23-17-28(31(37)36-18-23)30(21-5-13-26(34)14-6-21)22-7-15-27(35)16-8-22/h1-18,29-30H,(H,36,37). The van der Waals surface area contributed by atoms with E-state index in [1.54, 1.807) is 6.20 Å². The number of hydrogen-bond donors (Lipinski definition) is 1. The topological polar surface area (TPSA) is 32.9 Å². The molecule has 6 heteroatoms. The summed E-state index contributed by atoms with van der Waals surface area (Å²) >= 11 is 24.7. The van der Waals surface area contributed by atoms with E-state index in [0.29, 0.717) is 25.7 Å². The number of rotatable bonds is 6. The normalized spacial score (nSPS) is 11.3. The van der Waals surface area contributed by atoms with Gasteiger partial charge >= 0.3 is 0 Å². The van der Waals surface area contributed by atoms with Crippen molar-refractivity contribution in [3.05, 3.63) is 173 Å². The van der Waals surface area contributed by atoms with Crippen LogP contribution in [0.4, 0.5) is 0 Å². The monoisotopic (exact) mass is 563 g/mol. The number of halogens is 4. The molecule has 1 aromatic heterocycles. The molecule has 4 aromatic carbocycles. The fraction of sp³-hybridized carbons (Fsp3) is 0.0645. The summed E-state index contributed by atoms with van der Waals surface area (Å²) in [6.07, 6.45) is 1.78. The van der Waals surface area contributed by atoms with Gasteiger partial charge in [-0.05, 0) is 82.4 Å². The Morgan fingerprint density at radius 1 is 0.459 bits per heavy atom. The van der Waals surface area contributed by atoms with Gasteiger partial charge in [0.05, 0.1) is 0 Å².